The first-order chi connectivity index (χ1) is 15.9. The summed E-state index contributed by atoms with van der Waals surface area (Å²) in [5.74, 6) is 1.17. The fraction of sp³-hybridized carbons (Fsp3) is 0.481. The number of nitrogens with zero attached hydrogens (tertiary/aromatic N) is 1. The molecular formula is C27H38N2O4. The average Bonchev–Trinajstić information content (AvgIpc) is 2.83. The Morgan fingerprint density at radius 1 is 0.970 bits per heavy atom. The number of amides is 2. The summed E-state index contributed by atoms with van der Waals surface area (Å²) in [5.41, 5.74) is 3.16. The zero-order chi connectivity index (χ0) is 24.2. The molecule has 6 nitrogen and oxygen atoms in total. The summed E-state index contributed by atoms with van der Waals surface area (Å²) in [4.78, 5) is 28.1. The van der Waals surface area contributed by atoms with Crippen LogP contribution in [0.15, 0.2) is 42.5 Å². The van der Waals surface area contributed by atoms with E-state index in [0.29, 0.717) is 43.9 Å². The summed E-state index contributed by atoms with van der Waals surface area (Å²) >= 11 is 0. The van der Waals surface area contributed by atoms with Crippen molar-refractivity contribution in [1.82, 2.24) is 10.2 Å². The lowest BCUT2D eigenvalue weighted by atomic mass is 10.0. The largest absolute Gasteiger partial charge is 0.493 e. The van der Waals surface area contributed by atoms with E-state index in [0.717, 1.165) is 29.5 Å². The van der Waals surface area contributed by atoms with Gasteiger partial charge in [0.05, 0.1) is 14.2 Å². The van der Waals surface area contributed by atoms with E-state index in [2.05, 4.69) is 12.2 Å². The normalized spacial score (nSPS) is 11.5. The standard InChI is InChI=1S/C27H38N2O4/c1-6-8-17-28-27(31)23(7-2)29(19-22-11-9-20(3)10-12-22)26(30)16-14-21-13-15-24(32-4)25(18-21)33-5/h9-13,15,18,23H,6-8,14,16-17,19H2,1-5H3,(H,28,31)/t23-/m1/s1. The molecule has 1 N–H and O–H groups in total. The van der Waals surface area contributed by atoms with Gasteiger partial charge in [-0.05, 0) is 49.4 Å². The van der Waals surface area contributed by atoms with Gasteiger partial charge in [0.1, 0.15) is 6.04 Å². The molecule has 0 radical (unpaired) electrons. The molecule has 0 fully saturated rings. The van der Waals surface area contributed by atoms with E-state index in [-0.39, 0.29) is 11.8 Å². The summed E-state index contributed by atoms with van der Waals surface area (Å²) in [5, 5.41) is 3.00. The third kappa shape index (κ3) is 7.81. The summed E-state index contributed by atoms with van der Waals surface area (Å²) in [6.07, 6.45) is 3.35. The third-order valence-corrected chi connectivity index (χ3v) is 5.76. The summed E-state index contributed by atoms with van der Waals surface area (Å²) in [6, 6.07) is 13.3. The maximum atomic E-state index is 13.4. The Bertz CT molecular complexity index is 895. The number of carbonyl (C=O) groups excluding carboxylic acids is 2. The Morgan fingerprint density at radius 2 is 1.64 bits per heavy atom. The van der Waals surface area contributed by atoms with Crippen LogP contribution >= 0.6 is 0 Å². The van der Waals surface area contributed by atoms with Gasteiger partial charge >= 0.3 is 0 Å². The fourth-order valence-corrected chi connectivity index (χ4v) is 3.75. The summed E-state index contributed by atoms with van der Waals surface area (Å²) < 4.78 is 10.7. The highest BCUT2D eigenvalue weighted by Crippen LogP contribution is 2.28. The topological polar surface area (TPSA) is 67.9 Å². The molecule has 180 valence electrons. The lowest BCUT2D eigenvalue weighted by Crippen LogP contribution is -2.49. The van der Waals surface area contributed by atoms with Gasteiger partial charge in [0.2, 0.25) is 11.8 Å². The predicted molar refractivity (Wildman–Crippen MR) is 132 cm³/mol. The average molecular weight is 455 g/mol. The predicted octanol–water partition coefficient (Wildman–Crippen LogP) is 4.67. The molecule has 0 aliphatic heterocycles. The second-order valence-electron chi connectivity index (χ2n) is 8.27. The van der Waals surface area contributed by atoms with Crippen molar-refractivity contribution in [3.63, 3.8) is 0 Å². The van der Waals surface area contributed by atoms with Crippen molar-refractivity contribution >= 4 is 11.8 Å². The first kappa shape index (κ1) is 26.2. The van der Waals surface area contributed by atoms with E-state index < -0.39 is 6.04 Å². The van der Waals surface area contributed by atoms with E-state index in [1.807, 2.05) is 56.3 Å². The molecule has 0 saturated carbocycles. The number of hydrogen-bond donors (Lipinski definition) is 1. The summed E-state index contributed by atoms with van der Waals surface area (Å²) in [6.45, 7) is 7.11. The van der Waals surface area contributed by atoms with Gasteiger partial charge in [-0.25, -0.2) is 0 Å². The number of aryl methyl sites for hydroxylation is 2. The fourth-order valence-electron chi connectivity index (χ4n) is 3.75. The molecular weight excluding hydrogens is 416 g/mol. The first-order valence-electron chi connectivity index (χ1n) is 11.8. The monoisotopic (exact) mass is 454 g/mol. The minimum absolute atomic E-state index is 0.0390. The van der Waals surface area contributed by atoms with E-state index in [4.69, 9.17) is 9.47 Å². The zero-order valence-electron chi connectivity index (χ0n) is 20.6. The van der Waals surface area contributed by atoms with Crippen molar-refractivity contribution in [2.24, 2.45) is 0 Å². The van der Waals surface area contributed by atoms with Crippen molar-refractivity contribution in [1.29, 1.82) is 0 Å². The van der Waals surface area contributed by atoms with Crippen molar-refractivity contribution in [2.45, 2.75) is 65.5 Å². The van der Waals surface area contributed by atoms with Crippen molar-refractivity contribution in [2.75, 3.05) is 20.8 Å². The van der Waals surface area contributed by atoms with Crippen molar-refractivity contribution in [3.8, 4) is 11.5 Å². The number of unbranched alkanes of at least 4 members (excludes halogenated alkanes) is 1. The molecule has 0 spiro atoms. The molecule has 0 saturated heterocycles. The Morgan fingerprint density at radius 3 is 2.24 bits per heavy atom. The molecule has 0 aliphatic rings. The second kappa shape index (κ2) is 13.5. The molecule has 1 atom stereocenters. The quantitative estimate of drug-likeness (QED) is 0.447. The number of hydrogen-bond acceptors (Lipinski definition) is 4. The van der Waals surface area contributed by atoms with Crippen LogP contribution in [0.3, 0.4) is 0 Å². The highest BCUT2D eigenvalue weighted by Gasteiger charge is 2.28. The maximum Gasteiger partial charge on any atom is 0.242 e. The number of rotatable bonds is 13. The molecule has 0 heterocycles. The Balaban J connectivity index is 2.19. The number of methoxy groups -OCH3 is 2. The van der Waals surface area contributed by atoms with Crippen LogP contribution in [0.4, 0.5) is 0 Å². The Labute approximate surface area is 198 Å². The smallest absolute Gasteiger partial charge is 0.242 e. The van der Waals surface area contributed by atoms with Crippen LogP contribution < -0.4 is 14.8 Å². The molecule has 0 aromatic heterocycles. The van der Waals surface area contributed by atoms with E-state index in [9.17, 15) is 9.59 Å². The number of ether oxygens (including phenoxy) is 2. The molecule has 0 aliphatic carbocycles. The molecule has 2 amide bonds. The van der Waals surface area contributed by atoms with Crippen LogP contribution in [0.2, 0.25) is 0 Å². The maximum absolute atomic E-state index is 13.4. The highest BCUT2D eigenvalue weighted by atomic mass is 16.5. The van der Waals surface area contributed by atoms with Crippen LogP contribution in [0, 0.1) is 6.92 Å². The van der Waals surface area contributed by atoms with E-state index in [1.165, 1.54) is 0 Å². The van der Waals surface area contributed by atoms with Crippen LogP contribution in [0.1, 0.15) is 56.2 Å². The molecule has 2 aromatic carbocycles. The molecule has 0 bridgehead atoms. The van der Waals surface area contributed by atoms with Crippen LogP contribution in [0.5, 0.6) is 11.5 Å². The zero-order valence-corrected chi connectivity index (χ0v) is 20.6. The molecule has 6 heteroatoms. The van der Waals surface area contributed by atoms with Gasteiger partial charge < -0.3 is 19.7 Å². The Hall–Kier alpha value is -3.02. The number of nitrogens with one attached hydrogen (secondary N) is 1. The molecule has 2 aromatic rings. The van der Waals surface area contributed by atoms with Crippen molar-refractivity contribution < 1.29 is 19.1 Å². The lowest BCUT2D eigenvalue weighted by Gasteiger charge is -2.31. The SMILES string of the molecule is CCCCNC(=O)[C@@H](CC)N(Cc1ccc(C)cc1)C(=O)CCc1ccc(OC)c(OC)c1. The van der Waals surface area contributed by atoms with Gasteiger partial charge in [-0.2, -0.15) is 0 Å². The van der Waals surface area contributed by atoms with Crippen LogP contribution in [0.25, 0.3) is 0 Å². The van der Waals surface area contributed by atoms with Crippen LogP contribution in [-0.4, -0.2) is 43.5 Å². The number of carbonyl (C=O) groups is 2. The second-order valence-corrected chi connectivity index (χ2v) is 8.27. The Kier molecular flexibility index (Phi) is 10.7. The molecule has 2 rings (SSSR count). The van der Waals surface area contributed by atoms with E-state index in [1.54, 1.807) is 19.1 Å². The van der Waals surface area contributed by atoms with E-state index >= 15 is 0 Å². The minimum Gasteiger partial charge on any atom is -0.493 e. The number of benzene rings is 2. The van der Waals surface area contributed by atoms with Crippen LogP contribution in [-0.2, 0) is 22.6 Å². The van der Waals surface area contributed by atoms with Gasteiger partial charge in [-0.1, -0.05) is 56.2 Å². The van der Waals surface area contributed by atoms with Gasteiger partial charge in [-0.3, -0.25) is 9.59 Å². The van der Waals surface area contributed by atoms with Gasteiger partial charge in [0, 0.05) is 19.5 Å². The third-order valence-electron chi connectivity index (χ3n) is 5.76. The lowest BCUT2D eigenvalue weighted by molar-refractivity contribution is -0.141. The van der Waals surface area contributed by atoms with Crippen molar-refractivity contribution in [3.05, 3.63) is 59.2 Å². The first-order valence-corrected chi connectivity index (χ1v) is 11.8. The van der Waals surface area contributed by atoms with Gasteiger partial charge in [0.15, 0.2) is 11.5 Å². The minimum atomic E-state index is -0.499. The highest BCUT2D eigenvalue weighted by molar-refractivity contribution is 5.87. The summed E-state index contributed by atoms with van der Waals surface area (Å²) in [7, 11) is 3.19. The molecule has 0 unspecified atom stereocenters. The van der Waals surface area contributed by atoms with Gasteiger partial charge in [0.25, 0.3) is 0 Å². The van der Waals surface area contributed by atoms with Gasteiger partial charge in [-0.15, -0.1) is 0 Å². The molecule has 33 heavy (non-hydrogen) atoms.